The van der Waals surface area contributed by atoms with Gasteiger partial charge in [-0.2, -0.15) is 0 Å². The summed E-state index contributed by atoms with van der Waals surface area (Å²) < 4.78 is 11.6. The van der Waals surface area contributed by atoms with Crippen molar-refractivity contribution in [3.05, 3.63) is 75.2 Å². The highest BCUT2D eigenvalue weighted by atomic mass is 32.1. The normalized spacial score (nSPS) is 10.5. The number of ether oxygens (including phenoxy) is 2. The van der Waals surface area contributed by atoms with E-state index in [0.717, 1.165) is 16.9 Å². The summed E-state index contributed by atoms with van der Waals surface area (Å²) in [5, 5.41) is 2.75. The number of nitrogens with zero attached hydrogens (tertiary/aromatic N) is 1. The molecule has 2 aromatic carbocycles. The fraction of sp³-hybridized carbons (Fsp3) is 0.200. The van der Waals surface area contributed by atoms with E-state index < -0.39 is 0 Å². The molecule has 0 saturated carbocycles. The van der Waals surface area contributed by atoms with Crippen molar-refractivity contribution in [2.24, 2.45) is 0 Å². The summed E-state index contributed by atoms with van der Waals surface area (Å²) in [4.78, 5) is 15.4. The zero-order valence-electron chi connectivity index (χ0n) is 14.2. The average Bonchev–Trinajstić information content (AvgIpc) is 3.15. The molecule has 4 nitrogen and oxygen atoms in total. The molecule has 1 heterocycles. The van der Waals surface area contributed by atoms with Crippen LogP contribution in [0, 0.1) is 13.8 Å². The summed E-state index contributed by atoms with van der Waals surface area (Å²) in [6.07, 6.45) is 2.51. The Hall–Kier alpha value is -2.66. The minimum Gasteiger partial charge on any atom is -0.489 e. The number of thiazole rings is 1. The molecule has 128 valence electrons. The van der Waals surface area contributed by atoms with Crippen LogP contribution in [0.2, 0.25) is 0 Å². The Kier molecular flexibility index (Phi) is 5.46. The van der Waals surface area contributed by atoms with Crippen molar-refractivity contribution < 1.29 is 14.3 Å². The molecule has 0 aliphatic rings. The fourth-order valence-corrected chi connectivity index (χ4v) is 2.95. The van der Waals surface area contributed by atoms with Gasteiger partial charge in [-0.15, -0.1) is 11.3 Å². The van der Waals surface area contributed by atoms with Crippen molar-refractivity contribution in [2.75, 3.05) is 0 Å². The number of carbonyl (C=O) groups excluding carboxylic acids is 1. The van der Waals surface area contributed by atoms with E-state index in [1.165, 1.54) is 22.5 Å². The van der Waals surface area contributed by atoms with Crippen LogP contribution >= 0.6 is 11.3 Å². The summed E-state index contributed by atoms with van der Waals surface area (Å²) >= 11 is 1.51. The summed E-state index contributed by atoms with van der Waals surface area (Å²) in [6, 6.07) is 11.4. The smallest absolute Gasteiger partial charge is 0.153 e. The van der Waals surface area contributed by atoms with Gasteiger partial charge in [0.25, 0.3) is 0 Å². The van der Waals surface area contributed by atoms with Gasteiger partial charge >= 0.3 is 0 Å². The first-order valence-electron chi connectivity index (χ1n) is 7.95. The molecule has 0 aliphatic heterocycles. The first kappa shape index (κ1) is 17.2. The monoisotopic (exact) mass is 353 g/mol. The van der Waals surface area contributed by atoms with Gasteiger partial charge in [0, 0.05) is 17.6 Å². The Morgan fingerprint density at radius 1 is 1.12 bits per heavy atom. The second kappa shape index (κ2) is 7.94. The number of hydrogen-bond acceptors (Lipinski definition) is 5. The largest absolute Gasteiger partial charge is 0.489 e. The van der Waals surface area contributed by atoms with Gasteiger partial charge in [-0.05, 0) is 42.7 Å². The molecule has 0 radical (unpaired) electrons. The van der Waals surface area contributed by atoms with Crippen LogP contribution in [0.5, 0.6) is 11.5 Å². The van der Waals surface area contributed by atoms with E-state index in [9.17, 15) is 4.79 Å². The van der Waals surface area contributed by atoms with Gasteiger partial charge in [0.2, 0.25) is 0 Å². The van der Waals surface area contributed by atoms with Gasteiger partial charge in [0.15, 0.2) is 6.29 Å². The van der Waals surface area contributed by atoms with E-state index >= 15 is 0 Å². The highest BCUT2D eigenvalue weighted by molar-refractivity contribution is 7.09. The van der Waals surface area contributed by atoms with Gasteiger partial charge < -0.3 is 9.47 Å². The third-order valence-electron chi connectivity index (χ3n) is 4.06. The van der Waals surface area contributed by atoms with Crippen molar-refractivity contribution in [1.82, 2.24) is 4.98 Å². The number of aldehydes is 1. The maximum Gasteiger partial charge on any atom is 0.153 e. The molecule has 1 aromatic heterocycles. The van der Waals surface area contributed by atoms with Gasteiger partial charge in [-0.1, -0.05) is 18.2 Å². The van der Waals surface area contributed by atoms with Crippen molar-refractivity contribution in [1.29, 1.82) is 0 Å². The second-order valence-electron chi connectivity index (χ2n) is 5.68. The lowest BCUT2D eigenvalue weighted by atomic mass is 10.0. The lowest BCUT2D eigenvalue weighted by Crippen LogP contribution is -2.01. The molecule has 3 aromatic rings. The maximum atomic E-state index is 11.2. The standard InChI is InChI=1S/C20H19NO3S/c1-14-4-3-5-17(15(14)2)12-23-18-7-6-16(11-22)19(10-18)24-13-20-21-8-9-25-20/h3-11H,12-13H2,1-2H3. The highest BCUT2D eigenvalue weighted by Gasteiger charge is 2.08. The molecule has 0 aliphatic carbocycles. The van der Waals surface area contributed by atoms with Crippen molar-refractivity contribution >= 4 is 17.6 Å². The Morgan fingerprint density at radius 3 is 2.76 bits per heavy atom. The van der Waals surface area contributed by atoms with E-state index in [2.05, 4.69) is 31.0 Å². The van der Waals surface area contributed by atoms with Crippen molar-refractivity contribution in [3.8, 4) is 11.5 Å². The van der Waals surface area contributed by atoms with Crippen LogP contribution in [-0.4, -0.2) is 11.3 Å². The third-order valence-corrected chi connectivity index (χ3v) is 4.81. The number of rotatable bonds is 7. The number of carbonyl (C=O) groups is 1. The zero-order chi connectivity index (χ0) is 17.6. The van der Waals surface area contributed by atoms with Crippen molar-refractivity contribution in [3.63, 3.8) is 0 Å². The second-order valence-corrected chi connectivity index (χ2v) is 6.66. The van der Waals surface area contributed by atoms with Crippen LogP contribution < -0.4 is 9.47 Å². The summed E-state index contributed by atoms with van der Waals surface area (Å²) in [5.41, 5.74) is 4.11. The van der Waals surface area contributed by atoms with Gasteiger partial charge in [0.05, 0.1) is 5.56 Å². The fourth-order valence-electron chi connectivity index (χ4n) is 2.42. The lowest BCUT2D eigenvalue weighted by molar-refractivity contribution is 0.111. The minimum atomic E-state index is 0.332. The Balaban J connectivity index is 1.72. The molecule has 0 spiro atoms. The van der Waals surface area contributed by atoms with E-state index in [4.69, 9.17) is 9.47 Å². The maximum absolute atomic E-state index is 11.2. The van der Waals surface area contributed by atoms with Gasteiger partial charge in [-0.25, -0.2) is 4.98 Å². The first-order valence-corrected chi connectivity index (χ1v) is 8.83. The quantitative estimate of drug-likeness (QED) is 0.576. The zero-order valence-corrected chi connectivity index (χ0v) is 15.0. The molecule has 0 saturated heterocycles. The van der Waals surface area contributed by atoms with Crippen molar-refractivity contribution in [2.45, 2.75) is 27.1 Å². The van der Waals surface area contributed by atoms with E-state index in [-0.39, 0.29) is 0 Å². The molecule has 0 atom stereocenters. The minimum absolute atomic E-state index is 0.332. The molecular weight excluding hydrogens is 334 g/mol. The van der Waals surface area contributed by atoms with E-state index in [1.807, 2.05) is 11.4 Å². The van der Waals surface area contributed by atoms with Crippen LogP contribution in [0.3, 0.4) is 0 Å². The van der Waals surface area contributed by atoms with Crippen LogP contribution in [-0.2, 0) is 13.2 Å². The van der Waals surface area contributed by atoms with E-state index in [0.29, 0.717) is 30.3 Å². The predicted molar refractivity (Wildman–Crippen MR) is 98.5 cm³/mol. The summed E-state index contributed by atoms with van der Waals surface area (Å²) in [6.45, 7) is 4.98. The van der Waals surface area contributed by atoms with Crippen LogP contribution in [0.4, 0.5) is 0 Å². The van der Waals surface area contributed by atoms with Gasteiger partial charge in [-0.3, -0.25) is 4.79 Å². The molecular formula is C20H19NO3S. The lowest BCUT2D eigenvalue weighted by Gasteiger charge is -2.13. The molecule has 0 amide bonds. The topological polar surface area (TPSA) is 48.4 Å². The van der Waals surface area contributed by atoms with Gasteiger partial charge in [0.1, 0.15) is 29.7 Å². The molecule has 25 heavy (non-hydrogen) atoms. The van der Waals surface area contributed by atoms with E-state index in [1.54, 1.807) is 24.4 Å². The summed E-state index contributed by atoms with van der Waals surface area (Å²) in [7, 11) is 0. The number of hydrogen-bond donors (Lipinski definition) is 0. The van der Waals surface area contributed by atoms with Crippen LogP contribution in [0.1, 0.15) is 32.1 Å². The van der Waals surface area contributed by atoms with Crippen LogP contribution in [0.25, 0.3) is 0 Å². The molecule has 3 rings (SSSR count). The first-order chi connectivity index (χ1) is 12.2. The predicted octanol–water partition coefficient (Wildman–Crippen LogP) is 4.73. The number of aryl methyl sites for hydroxylation is 1. The molecule has 0 unspecified atom stereocenters. The Labute approximate surface area is 151 Å². The average molecular weight is 353 g/mol. The molecule has 0 N–H and O–H groups in total. The Bertz CT molecular complexity index is 859. The number of aromatic nitrogens is 1. The van der Waals surface area contributed by atoms with Crippen LogP contribution in [0.15, 0.2) is 48.0 Å². The summed E-state index contributed by atoms with van der Waals surface area (Å²) in [5.74, 6) is 1.17. The molecule has 0 fully saturated rings. The number of benzene rings is 2. The molecule has 5 heteroatoms. The Morgan fingerprint density at radius 2 is 2.00 bits per heavy atom. The SMILES string of the molecule is Cc1cccc(COc2ccc(C=O)c(OCc3nccs3)c2)c1C. The molecule has 0 bridgehead atoms. The highest BCUT2D eigenvalue weighted by Crippen LogP contribution is 2.26. The third kappa shape index (κ3) is 4.25.